The van der Waals surface area contributed by atoms with Crippen molar-refractivity contribution in [1.82, 2.24) is 64.6 Å². The molecule has 0 bridgehead atoms. The number of hydrogen-bond acceptors (Lipinski definition) is 28. The summed E-state index contributed by atoms with van der Waals surface area (Å²) >= 11 is 0. The van der Waals surface area contributed by atoms with Crippen LogP contribution < -0.4 is 20.5 Å². The summed E-state index contributed by atoms with van der Waals surface area (Å²) in [6.45, 7) is 32.8. The van der Waals surface area contributed by atoms with Gasteiger partial charge in [-0.25, -0.2) is 24.4 Å². The van der Waals surface area contributed by atoms with E-state index in [4.69, 9.17) is 88.0 Å². The van der Waals surface area contributed by atoms with E-state index in [1.807, 2.05) is 206 Å². The van der Waals surface area contributed by atoms with E-state index in [0.717, 1.165) is 203 Å². The molecule has 0 spiro atoms. The fourth-order valence-electron chi connectivity index (χ4n) is 15.3. The predicted molar refractivity (Wildman–Crippen MR) is 562 cm³/mol. The third kappa shape index (κ3) is 44.3. The van der Waals surface area contributed by atoms with Gasteiger partial charge in [0.05, 0.1) is 54.5 Å². The van der Waals surface area contributed by atoms with Gasteiger partial charge in [0, 0.05) is 215 Å². The number of aromatic carboxylic acids is 1. The first-order valence-corrected chi connectivity index (χ1v) is 48.5. The molecular formula is C120H120N14O16. The summed E-state index contributed by atoms with van der Waals surface area (Å²) in [5.41, 5.74) is 27.4. The molecule has 0 radical (unpaired) electrons. The Morgan fingerprint density at radius 1 is 0.333 bits per heavy atom. The third-order valence-electron chi connectivity index (χ3n) is 22.6. The highest BCUT2D eigenvalue weighted by molar-refractivity contribution is 5.88. The summed E-state index contributed by atoms with van der Waals surface area (Å²) in [7, 11) is 1.37. The topological polar surface area (TPSA) is 380 Å². The number of nitrogens with zero attached hydrogens (tertiary/aromatic N) is 12. The lowest BCUT2D eigenvalue weighted by Crippen LogP contribution is -2.36. The van der Waals surface area contributed by atoms with Gasteiger partial charge in [0.1, 0.15) is 28.5 Å². The number of rotatable bonds is 23. The summed E-state index contributed by atoms with van der Waals surface area (Å²) in [6.07, 6.45) is 5.68. The number of methoxy groups -OCH3 is 1. The Morgan fingerprint density at radius 3 is 0.880 bits per heavy atom. The van der Waals surface area contributed by atoms with Crippen LogP contribution in [0.3, 0.4) is 0 Å². The van der Waals surface area contributed by atoms with Gasteiger partial charge in [0.25, 0.3) is 0 Å². The van der Waals surface area contributed by atoms with Gasteiger partial charge in [0.2, 0.25) is 0 Å². The van der Waals surface area contributed by atoms with Gasteiger partial charge in [-0.3, -0.25) is 49.3 Å². The first-order chi connectivity index (χ1) is 72.5. The van der Waals surface area contributed by atoms with Gasteiger partial charge in [-0.1, -0.05) is 142 Å². The molecule has 6 aromatic heterocycles. The number of carboxylic acids is 1. The van der Waals surface area contributed by atoms with E-state index in [1.165, 1.54) is 18.2 Å². The Morgan fingerprint density at radius 2 is 0.587 bits per heavy atom. The smallest absolute Gasteiger partial charge is 0.407 e. The van der Waals surface area contributed by atoms with Crippen LogP contribution in [0.25, 0.3) is 0 Å². The molecule has 766 valence electrons. The van der Waals surface area contributed by atoms with Crippen LogP contribution in [0.4, 0.5) is 4.79 Å². The molecule has 0 atom stereocenters. The summed E-state index contributed by atoms with van der Waals surface area (Å²) in [5.74, 6) is 39.5. The zero-order chi connectivity index (χ0) is 108. The predicted octanol–water partition coefficient (Wildman–Crippen LogP) is 13.8. The third-order valence-corrected chi connectivity index (χ3v) is 22.6. The van der Waals surface area contributed by atoms with Crippen molar-refractivity contribution in [3.8, 4) is 82.5 Å². The van der Waals surface area contributed by atoms with Crippen molar-refractivity contribution in [2.24, 2.45) is 5.73 Å². The number of alkyl carbamates (subject to hydrolysis) is 1. The molecule has 4 N–H and O–H groups in total. The first-order valence-electron chi connectivity index (χ1n) is 48.5. The van der Waals surface area contributed by atoms with Crippen LogP contribution in [-0.2, 0) is 87.1 Å². The number of esters is 1. The minimum atomic E-state index is -1.08. The van der Waals surface area contributed by atoms with Crippen molar-refractivity contribution in [2.75, 3.05) is 112 Å². The molecule has 2 aliphatic rings. The van der Waals surface area contributed by atoms with Crippen molar-refractivity contribution < 1.29 is 76.8 Å². The highest BCUT2D eigenvalue weighted by Crippen LogP contribution is 2.22. The quantitative estimate of drug-likeness (QED) is 0.0304. The van der Waals surface area contributed by atoms with Gasteiger partial charge in [-0.05, 0) is 252 Å². The number of nitrogens with one attached hydrogen (secondary N) is 1. The minimum Gasteiger partial charge on any atom is -0.494 e. The van der Waals surface area contributed by atoms with Gasteiger partial charge in [-0.15, -0.1) is 0 Å². The molecule has 8 heterocycles. The number of aromatic nitrogens is 6. The maximum Gasteiger partial charge on any atom is 0.407 e. The van der Waals surface area contributed by atoms with Crippen LogP contribution in [0.15, 0.2) is 231 Å². The Hall–Kier alpha value is -17.4. The summed E-state index contributed by atoms with van der Waals surface area (Å²) in [5, 5.41) is 12.8. The van der Waals surface area contributed by atoms with Gasteiger partial charge in [-0.2, -0.15) is 38.4 Å². The van der Waals surface area contributed by atoms with Crippen molar-refractivity contribution in [1.29, 1.82) is 0 Å². The number of nitrogens with two attached hydrogens (primary N) is 1. The maximum absolute atomic E-state index is 12.9. The van der Waals surface area contributed by atoms with Crippen LogP contribution >= 0.6 is 0 Å². The lowest BCUT2D eigenvalue weighted by Gasteiger charge is -2.25. The number of carbonyl (C=O) groups excluding carboxylic acids is 10. The van der Waals surface area contributed by atoms with Gasteiger partial charge < -0.3 is 35.1 Å². The van der Waals surface area contributed by atoms with Crippen molar-refractivity contribution in [3.05, 3.63) is 377 Å². The molecule has 150 heavy (non-hydrogen) atoms. The molecule has 14 rings (SSSR count). The maximum atomic E-state index is 12.9. The second kappa shape index (κ2) is 63.1. The van der Waals surface area contributed by atoms with E-state index >= 15 is 0 Å². The zero-order valence-corrected chi connectivity index (χ0v) is 85.9. The highest BCUT2D eigenvalue weighted by Gasteiger charge is 2.24. The molecule has 12 aromatic rings. The second-order valence-corrected chi connectivity index (χ2v) is 35.9. The minimum absolute atomic E-state index is 0.0203. The van der Waals surface area contributed by atoms with Crippen molar-refractivity contribution >= 4 is 42.6 Å². The number of ether oxygens (including phenoxy) is 4. The van der Waals surface area contributed by atoms with Gasteiger partial charge in [0.15, 0.2) is 0 Å². The molecule has 30 heteroatoms. The second-order valence-electron chi connectivity index (χ2n) is 35.9. The summed E-state index contributed by atoms with van der Waals surface area (Å²) < 4.78 is 22.1. The lowest BCUT2D eigenvalue weighted by molar-refractivity contribution is -0.193. The fraction of sp³-hybridized carbons (Fsp3) is 0.292. The van der Waals surface area contributed by atoms with E-state index in [2.05, 4.69) is 185 Å². The molecular weight excluding hydrogens is 1890 g/mol. The average Bonchev–Trinajstić information content (AvgIpc) is 1.17. The van der Waals surface area contributed by atoms with Gasteiger partial charge >= 0.3 is 42.6 Å². The number of pyridine rings is 6. The Labute approximate surface area is 876 Å². The molecule has 6 aromatic carbocycles. The van der Waals surface area contributed by atoms with E-state index in [9.17, 15) is 19.5 Å². The molecule has 0 unspecified atom stereocenters. The molecule has 0 aliphatic carbocycles. The van der Waals surface area contributed by atoms with E-state index in [-0.39, 0.29) is 36.0 Å². The number of carboxylic acid groups (broad SMARTS) is 1. The number of carbonyl (C=O) groups is 3. The van der Waals surface area contributed by atoms with Crippen LogP contribution in [0.5, 0.6) is 11.5 Å². The first kappa shape index (κ1) is 116. The van der Waals surface area contributed by atoms with Crippen molar-refractivity contribution in [2.45, 2.75) is 120 Å². The normalized spacial score (nSPS) is 12.5. The standard InChI is InChI=1S/C62H67N7O5.C54H53N7O3.4CO2/c1-45-10-14-49(15-11-45)18-21-52-36-47(3)64-55(38-52)42-67-29-30-68(32-34-69(33-31-67)44-57-40-54(41-59(66-57)60(70)72-8)23-20-50-16-12-46(2)13-17-50)43-56-39-53(37-48(4)65-56)22-19-51-24-26-58(27-25-51)73-35-9-28-63-61(71)74-62(5,6)7;1-41-4-8-43(9-5-41)12-15-46-22-25-56-49(34-46)38-59-27-28-60(39-50-35-47(23-26-57-50)16-13-45-18-20-52(21-19-45)64-33-3-24-55)30-32-61(31-29-59)40-51-36-48(37-53(58-51)54(62)63)17-14-44-10-6-42(2)7-11-44;4*2-1-3/h10-17,24-27,36-41H,9,28-35,42-44H2,1-8H3,(H,63,71);4-11,18-23,25-26,34-37H,3,24,27-33,38-40,55H2,1-2H3,(H,62,63);;;;. The molecule has 0 saturated carbocycles. The van der Waals surface area contributed by atoms with Crippen LogP contribution in [0.1, 0.15) is 189 Å². The molecule has 1 amide bonds. The number of benzene rings is 6. The number of aryl methyl sites for hydroxylation is 6. The van der Waals surface area contributed by atoms with Crippen LogP contribution in [0.2, 0.25) is 0 Å². The lowest BCUT2D eigenvalue weighted by atomic mass is 10.1. The highest BCUT2D eigenvalue weighted by atomic mass is 16.6. The van der Waals surface area contributed by atoms with E-state index in [0.29, 0.717) is 88.8 Å². The molecule has 30 nitrogen and oxygen atoms in total. The van der Waals surface area contributed by atoms with Crippen molar-refractivity contribution in [3.63, 3.8) is 0 Å². The molecule has 2 fully saturated rings. The Bertz CT molecular complexity index is 7000. The summed E-state index contributed by atoms with van der Waals surface area (Å²) in [6, 6.07) is 71.4. The average molecular weight is 2010 g/mol. The zero-order valence-electron chi connectivity index (χ0n) is 85.9. The largest absolute Gasteiger partial charge is 0.494 e. The van der Waals surface area contributed by atoms with E-state index in [1.54, 1.807) is 12.1 Å². The SMILES string of the molecule is COC(=O)c1cc(C#Cc2ccc(C)cc2)cc(CN2CCN(Cc3cc(C#Cc4ccc(C)cc4)cc(C)n3)CCN(Cc3cc(C#Cc4ccc(OCCCNC(=O)OC(C)(C)C)cc4)cc(C)n3)CC2)n1.Cc1ccc(C#Cc2ccnc(CN3CCN(Cc4cc(C#Cc5ccc(OCCCN)cc5)ccn4)CCN(Cc4cc(C#Cc5ccc(C)cc5)cc(C(=O)O)n4)CC3)c2)cc1.O=C=O.O=C=O.O=C=O.O=C=O. The number of hydrogen-bond donors (Lipinski definition) is 3. The summed E-state index contributed by atoms with van der Waals surface area (Å²) in [4.78, 5) is 145. The monoisotopic (exact) mass is 2010 g/mol. The molecule has 2 saturated heterocycles. The Balaban J connectivity index is 0.000000304. The van der Waals surface area contributed by atoms with E-state index < -0.39 is 23.6 Å². The van der Waals surface area contributed by atoms with Crippen LogP contribution in [-0.4, -0.2) is 225 Å². The number of amides is 1. The molecule has 2 aliphatic heterocycles. The van der Waals surface area contributed by atoms with Crippen LogP contribution in [0, 0.1) is 113 Å². The Kier molecular flexibility index (Phi) is 48.9. The fourth-order valence-corrected chi connectivity index (χ4v) is 15.3.